The van der Waals surface area contributed by atoms with E-state index in [1.165, 1.54) is 0 Å². The van der Waals surface area contributed by atoms with E-state index in [-0.39, 0.29) is 23.5 Å². The molecule has 0 fully saturated rings. The molecule has 0 aliphatic carbocycles. The summed E-state index contributed by atoms with van der Waals surface area (Å²) in [5.41, 5.74) is 2.51. The van der Waals surface area contributed by atoms with Gasteiger partial charge >= 0.3 is 11.9 Å². The average molecular weight is 321 g/mol. The van der Waals surface area contributed by atoms with Crippen LogP contribution in [-0.4, -0.2) is 22.2 Å². The minimum Gasteiger partial charge on any atom is -1.00 e. The van der Waals surface area contributed by atoms with Crippen molar-refractivity contribution in [2.24, 2.45) is 0 Å². The first-order valence-electron chi connectivity index (χ1n) is 6.41. The van der Waals surface area contributed by atoms with Crippen molar-refractivity contribution in [3.05, 3.63) is 70.8 Å². The molecule has 0 aliphatic heterocycles. The third-order valence-corrected chi connectivity index (χ3v) is 3.06. The summed E-state index contributed by atoms with van der Waals surface area (Å²) in [6.45, 7) is 1.22. The predicted octanol–water partition coefficient (Wildman–Crippen LogP) is -0.623. The van der Waals surface area contributed by atoms with E-state index in [1.54, 1.807) is 48.5 Å². The van der Waals surface area contributed by atoms with E-state index >= 15 is 0 Å². The second-order valence-electron chi connectivity index (χ2n) is 4.61. The summed E-state index contributed by atoms with van der Waals surface area (Å²) < 4.78 is 0. The summed E-state index contributed by atoms with van der Waals surface area (Å²) in [6.07, 6.45) is 0. The fourth-order valence-electron chi connectivity index (χ4n) is 1.88. The van der Waals surface area contributed by atoms with E-state index in [1.807, 2.05) is 0 Å². The van der Waals surface area contributed by atoms with Crippen LogP contribution in [0.25, 0.3) is 0 Å². The van der Waals surface area contributed by atoms with Gasteiger partial charge < -0.3 is 27.9 Å². The van der Waals surface area contributed by atoms with Crippen LogP contribution >= 0.6 is 0 Å². The molecule has 0 saturated heterocycles. The zero-order valence-corrected chi connectivity index (χ0v) is 12.4. The van der Waals surface area contributed by atoms with Gasteiger partial charge in [-0.15, -0.1) is 0 Å². The molecule has 2 aromatic carbocycles. The van der Waals surface area contributed by atoms with Gasteiger partial charge in [0.2, 0.25) is 0 Å². The predicted molar refractivity (Wildman–Crippen MR) is 77.3 cm³/mol. The van der Waals surface area contributed by atoms with Crippen molar-refractivity contribution in [2.45, 2.75) is 13.1 Å². The van der Waals surface area contributed by atoms with Crippen molar-refractivity contribution in [1.29, 1.82) is 0 Å². The molecule has 0 amide bonds. The number of nitrogens with one attached hydrogen (secondary N) is 1. The average Bonchev–Trinajstić information content (AvgIpc) is 2.48. The van der Waals surface area contributed by atoms with E-state index in [9.17, 15) is 9.59 Å². The van der Waals surface area contributed by atoms with Gasteiger partial charge in [-0.2, -0.15) is 0 Å². The normalized spacial score (nSPS) is 9.82. The first-order chi connectivity index (χ1) is 10.1. The lowest BCUT2D eigenvalue weighted by Gasteiger charge is -2.06. The molecule has 0 atom stereocenters. The van der Waals surface area contributed by atoms with Crippen molar-refractivity contribution >= 4 is 11.9 Å². The minimum absolute atomic E-state index is 0. The number of benzene rings is 2. The molecular formula is C16H15ClNO4-. The Morgan fingerprint density at radius 1 is 0.727 bits per heavy atom. The summed E-state index contributed by atoms with van der Waals surface area (Å²) >= 11 is 0. The molecule has 0 unspecified atom stereocenters. The molecule has 0 saturated carbocycles. The smallest absolute Gasteiger partial charge is 0.335 e. The van der Waals surface area contributed by atoms with Crippen LogP contribution in [0.3, 0.4) is 0 Å². The lowest BCUT2D eigenvalue weighted by Crippen LogP contribution is -3.00. The molecule has 0 spiro atoms. The quantitative estimate of drug-likeness (QED) is 0.660. The van der Waals surface area contributed by atoms with Crippen LogP contribution in [0.5, 0.6) is 0 Å². The molecule has 6 heteroatoms. The highest BCUT2D eigenvalue weighted by Gasteiger charge is 2.03. The maximum atomic E-state index is 10.7. The van der Waals surface area contributed by atoms with Gasteiger partial charge in [0, 0.05) is 13.1 Å². The zero-order valence-electron chi connectivity index (χ0n) is 11.6. The first-order valence-corrected chi connectivity index (χ1v) is 6.41. The molecule has 116 valence electrons. The second-order valence-corrected chi connectivity index (χ2v) is 4.61. The summed E-state index contributed by atoms with van der Waals surface area (Å²) in [7, 11) is 0. The maximum absolute atomic E-state index is 10.7. The zero-order chi connectivity index (χ0) is 15.2. The Kier molecular flexibility index (Phi) is 6.56. The highest BCUT2D eigenvalue weighted by molar-refractivity contribution is 5.87. The van der Waals surface area contributed by atoms with Crippen LogP contribution in [0.2, 0.25) is 0 Å². The van der Waals surface area contributed by atoms with E-state index in [0.29, 0.717) is 13.1 Å². The van der Waals surface area contributed by atoms with Gasteiger partial charge in [-0.1, -0.05) is 24.3 Å². The summed E-state index contributed by atoms with van der Waals surface area (Å²) in [4.78, 5) is 21.5. The lowest BCUT2D eigenvalue weighted by molar-refractivity contribution is -0.0000348. The highest BCUT2D eigenvalue weighted by atomic mass is 35.5. The monoisotopic (exact) mass is 320 g/mol. The van der Waals surface area contributed by atoms with Crippen molar-refractivity contribution in [2.75, 3.05) is 0 Å². The Bertz CT molecular complexity index is 581. The molecule has 0 heterocycles. The molecule has 5 nitrogen and oxygen atoms in total. The molecule has 0 radical (unpaired) electrons. The van der Waals surface area contributed by atoms with Gasteiger partial charge in [-0.3, -0.25) is 0 Å². The molecule has 2 rings (SSSR count). The van der Waals surface area contributed by atoms with Gasteiger partial charge in [0.15, 0.2) is 0 Å². The van der Waals surface area contributed by atoms with Crippen molar-refractivity contribution in [3.63, 3.8) is 0 Å². The van der Waals surface area contributed by atoms with Gasteiger partial charge in [-0.05, 0) is 35.4 Å². The molecule has 22 heavy (non-hydrogen) atoms. The maximum Gasteiger partial charge on any atom is 0.335 e. The van der Waals surface area contributed by atoms with Gasteiger partial charge in [0.25, 0.3) is 0 Å². The molecule has 0 aliphatic rings. The molecule has 0 aromatic heterocycles. The number of rotatable bonds is 6. The number of hydrogen-bond acceptors (Lipinski definition) is 3. The van der Waals surface area contributed by atoms with E-state index < -0.39 is 11.9 Å². The third kappa shape index (κ3) is 4.87. The molecule has 2 aromatic rings. The molecular weight excluding hydrogens is 306 g/mol. The van der Waals surface area contributed by atoms with Crippen LogP contribution in [0.15, 0.2) is 48.5 Å². The minimum atomic E-state index is -0.937. The fourth-order valence-corrected chi connectivity index (χ4v) is 1.88. The standard InChI is InChI=1S/C16H15NO4.ClH/c18-15(19)13-5-1-11(2-6-13)9-17-10-12-3-7-14(8-4-12)16(20)21;/h1-8,17H,9-10H2,(H,18,19)(H,20,21);1H/p-1. The molecule has 0 bridgehead atoms. The number of carboxylic acids is 2. The second kappa shape index (κ2) is 8.17. The lowest BCUT2D eigenvalue weighted by atomic mass is 10.1. The van der Waals surface area contributed by atoms with Crippen LogP contribution in [-0.2, 0) is 13.1 Å². The van der Waals surface area contributed by atoms with Gasteiger partial charge in [0.1, 0.15) is 0 Å². The van der Waals surface area contributed by atoms with Crippen molar-refractivity contribution in [1.82, 2.24) is 5.32 Å². The van der Waals surface area contributed by atoms with Crippen molar-refractivity contribution in [3.8, 4) is 0 Å². The number of carbonyl (C=O) groups is 2. The third-order valence-electron chi connectivity index (χ3n) is 3.06. The van der Waals surface area contributed by atoms with Gasteiger partial charge in [-0.25, -0.2) is 9.59 Å². The summed E-state index contributed by atoms with van der Waals surface area (Å²) in [5.74, 6) is -1.87. The Morgan fingerprint density at radius 3 is 1.32 bits per heavy atom. The van der Waals surface area contributed by atoms with Crippen molar-refractivity contribution < 1.29 is 32.2 Å². The Labute approximate surface area is 134 Å². The number of aromatic carboxylic acids is 2. The topological polar surface area (TPSA) is 86.6 Å². The number of halogens is 1. The first kappa shape index (κ1) is 17.7. The number of carboxylic acid groups (broad SMARTS) is 2. The Balaban J connectivity index is 0.00000242. The Hall–Kier alpha value is -2.37. The molecule has 3 N–H and O–H groups in total. The van der Waals surface area contributed by atoms with E-state index in [4.69, 9.17) is 10.2 Å². The van der Waals surface area contributed by atoms with E-state index in [2.05, 4.69) is 5.32 Å². The van der Waals surface area contributed by atoms with Crippen LogP contribution in [0.1, 0.15) is 31.8 Å². The van der Waals surface area contributed by atoms with Crippen LogP contribution in [0, 0.1) is 0 Å². The number of hydrogen-bond donors (Lipinski definition) is 3. The van der Waals surface area contributed by atoms with Gasteiger partial charge in [0.05, 0.1) is 11.1 Å². The highest BCUT2D eigenvalue weighted by Crippen LogP contribution is 2.06. The Morgan fingerprint density at radius 2 is 1.05 bits per heavy atom. The van der Waals surface area contributed by atoms with E-state index in [0.717, 1.165) is 11.1 Å². The van der Waals surface area contributed by atoms with Crippen LogP contribution in [0.4, 0.5) is 0 Å². The summed E-state index contributed by atoms with van der Waals surface area (Å²) in [6, 6.07) is 13.4. The van der Waals surface area contributed by atoms with Crippen LogP contribution < -0.4 is 17.7 Å². The largest absolute Gasteiger partial charge is 1.00 e. The summed E-state index contributed by atoms with van der Waals surface area (Å²) in [5, 5.41) is 20.8. The fraction of sp³-hybridized carbons (Fsp3) is 0.125. The SMILES string of the molecule is O=C(O)c1ccc(CNCc2ccc(C(=O)O)cc2)cc1.[Cl-].